The van der Waals surface area contributed by atoms with Gasteiger partial charge in [0, 0.05) is 44.5 Å². The van der Waals surface area contributed by atoms with Gasteiger partial charge in [0.15, 0.2) is 5.96 Å². The lowest BCUT2D eigenvalue weighted by atomic mass is 10.1. The number of carbonyl (C=O) groups excluding carboxylic acids is 1. The van der Waals surface area contributed by atoms with Crippen LogP contribution < -0.4 is 10.6 Å². The van der Waals surface area contributed by atoms with Gasteiger partial charge in [-0.3, -0.25) is 9.79 Å². The molecule has 1 aliphatic heterocycles. The fraction of sp³-hybridized carbons (Fsp3) is 0.600. The molecule has 2 N–H and O–H groups in total. The van der Waals surface area contributed by atoms with Crippen LogP contribution in [-0.2, 0) is 16.4 Å². The van der Waals surface area contributed by atoms with Gasteiger partial charge in [0.25, 0.3) is 5.91 Å². The lowest BCUT2D eigenvalue weighted by Gasteiger charge is -2.26. The third-order valence-electron chi connectivity index (χ3n) is 4.83. The fourth-order valence-electron chi connectivity index (χ4n) is 3.12. The first kappa shape index (κ1) is 22.2. The molecule has 0 bridgehead atoms. The number of nitrogens with one attached hydrogen (secondary N) is 2. The zero-order valence-electron chi connectivity index (χ0n) is 17.1. The number of hydrogen-bond acceptors (Lipinski definition) is 4. The number of likely N-dealkylation sites (tertiary alicyclic amines) is 1. The van der Waals surface area contributed by atoms with Crippen LogP contribution in [0.4, 0.5) is 0 Å². The molecule has 1 atom stereocenters. The summed E-state index contributed by atoms with van der Waals surface area (Å²) in [4.78, 5) is 18.6. The van der Waals surface area contributed by atoms with Crippen molar-refractivity contribution >= 4 is 21.7 Å². The van der Waals surface area contributed by atoms with Crippen LogP contribution in [0.25, 0.3) is 0 Å². The van der Waals surface area contributed by atoms with Gasteiger partial charge in [-0.1, -0.05) is 12.1 Å². The Morgan fingerprint density at radius 2 is 1.82 bits per heavy atom. The lowest BCUT2D eigenvalue weighted by Crippen LogP contribution is -2.42. The third kappa shape index (κ3) is 7.50. The van der Waals surface area contributed by atoms with E-state index in [1.54, 1.807) is 7.05 Å². The van der Waals surface area contributed by atoms with Crippen molar-refractivity contribution in [1.82, 2.24) is 15.5 Å². The Kier molecular flexibility index (Phi) is 8.29. The molecular weight excluding hydrogens is 376 g/mol. The molecule has 8 heteroatoms. The maximum Gasteiger partial charge on any atom is 0.253 e. The first-order chi connectivity index (χ1) is 13.3. The standard InChI is InChI=1S/C20H32N4O3S/c1-16(11-14-28(3,26)27)23-20(21-2)22-15-17-7-9-18(10-8-17)19(25)24-12-5-4-6-13-24/h7-10,16H,4-6,11-15H2,1-3H3,(H2,21,22,23). The molecule has 1 amide bonds. The third-order valence-corrected chi connectivity index (χ3v) is 5.81. The Morgan fingerprint density at radius 1 is 1.18 bits per heavy atom. The van der Waals surface area contributed by atoms with E-state index in [1.165, 1.54) is 12.7 Å². The highest BCUT2D eigenvalue weighted by Gasteiger charge is 2.17. The quantitative estimate of drug-likeness (QED) is 0.530. The Bertz CT molecular complexity index is 769. The van der Waals surface area contributed by atoms with E-state index in [0.717, 1.165) is 37.1 Å². The van der Waals surface area contributed by atoms with Crippen LogP contribution in [0.15, 0.2) is 29.3 Å². The van der Waals surface area contributed by atoms with Crippen molar-refractivity contribution in [3.05, 3.63) is 35.4 Å². The molecule has 0 saturated carbocycles. The number of nitrogens with zero attached hydrogens (tertiary/aromatic N) is 2. The van der Waals surface area contributed by atoms with Crippen LogP contribution in [-0.4, -0.2) is 63.4 Å². The smallest absolute Gasteiger partial charge is 0.253 e. The number of benzene rings is 1. The molecule has 1 unspecified atom stereocenters. The van der Waals surface area contributed by atoms with Gasteiger partial charge in [0.05, 0.1) is 5.75 Å². The summed E-state index contributed by atoms with van der Waals surface area (Å²) in [6, 6.07) is 7.64. The fourth-order valence-corrected chi connectivity index (χ4v) is 3.90. The predicted molar refractivity (Wildman–Crippen MR) is 113 cm³/mol. The molecule has 1 aromatic carbocycles. The molecule has 7 nitrogen and oxygen atoms in total. The zero-order valence-corrected chi connectivity index (χ0v) is 17.9. The van der Waals surface area contributed by atoms with E-state index in [0.29, 0.717) is 18.9 Å². The second-order valence-electron chi connectivity index (χ2n) is 7.44. The van der Waals surface area contributed by atoms with E-state index in [9.17, 15) is 13.2 Å². The van der Waals surface area contributed by atoms with E-state index in [2.05, 4.69) is 15.6 Å². The predicted octanol–water partition coefficient (Wildman–Crippen LogP) is 1.80. The monoisotopic (exact) mass is 408 g/mol. The van der Waals surface area contributed by atoms with Crippen LogP contribution >= 0.6 is 0 Å². The Hall–Kier alpha value is -2.09. The SMILES string of the molecule is CN=C(NCc1ccc(C(=O)N2CCCCC2)cc1)NC(C)CCS(C)(=O)=O. The summed E-state index contributed by atoms with van der Waals surface area (Å²) in [6.45, 7) is 4.19. The average molecular weight is 409 g/mol. The van der Waals surface area contributed by atoms with Gasteiger partial charge in [-0.25, -0.2) is 8.42 Å². The first-order valence-corrected chi connectivity index (χ1v) is 11.9. The van der Waals surface area contributed by atoms with Gasteiger partial charge in [0.1, 0.15) is 9.84 Å². The topological polar surface area (TPSA) is 90.9 Å². The largest absolute Gasteiger partial charge is 0.354 e. The summed E-state index contributed by atoms with van der Waals surface area (Å²) in [5, 5.41) is 6.42. The number of hydrogen-bond donors (Lipinski definition) is 2. The van der Waals surface area contributed by atoms with E-state index in [4.69, 9.17) is 0 Å². The highest BCUT2D eigenvalue weighted by molar-refractivity contribution is 7.90. The summed E-state index contributed by atoms with van der Waals surface area (Å²) in [5.74, 6) is 0.871. The number of guanidine groups is 1. The summed E-state index contributed by atoms with van der Waals surface area (Å²) < 4.78 is 22.6. The molecule has 0 radical (unpaired) electrons. The van der Waals surface area contributed by atoms with Gasteiger partial charge in [-0.05, 0) is 50.3 Å². The normalized spacial score (nSPS) is 16.5. The second-order valence-corrected chi connectivity index (χ2v) is 9.70. The molecule has 1 heterocycles. The number of piperidine rings is 1. The molecule has 0 aliphatic carbocycles. The van der Waals surface area contributed by atoms with Crippen molar-refractivity contribution < 1.29 is 13.2 Å². The van der Waals surface area contributed by atoms with Gasteiger partial charge >= 0.3 is 0 Å². The molecule has 0 aromatic heterocycles. The van der Waals surface area contributed by atoms with Crippen molar-refractivity contribution in [3.8, 4) is 0 Å². The van der Waals surface area contributed by atoms with Crippen molar-refractivity contribution in [2.45, 2.75) is 45.2 Å². The molecule has 28 heavy (non-hydrogen) atoms. The van der Waals surface area contributed by atoms with Crippen molar-refractivity contribution in [1.29, 1.82) is 0 Å². The maximum atomic E-state index is 12.5. The molecule has 2 rings (SSSR count). The molecule has 1 aliphatic rings. The number of sulfone groups is 1. The highest BCUT2D eigenvalue weighted by atomic mass is 32.2. The Balaban J connectivity index is 1.83. The molecule has 1 saturated heterocycles. The van der Waals surface area contributed by atoms with Crippen LogP contribution in [0.1, 0.15) is 48.5 Å². The van der Waals surface area contributed by atoms with E-state index < -0.39 is 9.84 Å². The lowest BCUT2D eigenvalue weighted by molar-refractivity contribution is 0.0724. The van der Waals surface area contributed by atoms with Crippen LogP contribution in [0.3, 0.4) is 0 Å². The maximum absolute atomic E-state index is 12.5. The second kappa shape index (κ2) is 10.5. The van der Waals surface area contributed by atoms with E-state index in [-0.39, 0.29) is 17.7 Å². The van der Waals surface area contributed by atoms with Crippen molar-refractivity contribution in [2.24, 2.45) is 4.99 Å². The molecule has 156 valence electrons. The number of aliphatic imine (C=N–C) groups is 1. The van der Waals surface area contributed by atoms with Gasteiger partial charge in [-0.15, -0.1) is 0 Å². The van der Waals surface area contributed by atoms with Crippen molar-refractivity contribution in [2.75, 3.05) is 32.1 Å². The van der Waals surface area contributed by atoms with Gasteiger partial charge in [-0.2, -0.15) is 0 Å². The number of rotatable bonds is 7. The van der Waals surface area contributed by atoms with Crippen molar-refractivity contribution in [3.63, 3.8) is 0 Å². The summed E-state index contributed by atoms with van der Waals surface area (Å²) in [6.07, 6.45) is 5.14. The summed E-state index contributed by atoms with van der Waals surface area (Å²) in [7, 11) is -1.29. The minimum Gasteiger partial charge on any atom is -0.354 e. The van der Waals surface area contributed by atoms with Gasteiger partial charge in [0.2, 0.25) is 0 Å². The molecular formula is C20H32N4O3S. The Morgan fingerprint density at radius 3 is 2.39 bits per heavy atom. The minimum atomic E-state index is -2.97. The molecule has 1 fully saturated rings. The molecule has 0 spiro atoms. The first-order valence-electron chi connectivity index (χ1n) is 9.81. The van der Waals surface area contributed by atoms with Crippen LogP contribution in [0.5, 0.6) is 0 Å². The number of amides is 1. The van der Waals surface area contributed by atoms with E-state index >= 15 is 0 Å². The van der Waals surface area contributed by atoms with Crippen LogP contribution in [0.2, 0.25) is 0 Å². The molecule has 1 aromatic rings. The Labute approximate surface area is 168 Å². The average Bonchev–Trinajstić information content (AvgIpc) is 2.69. The van der Waals surface area contributed by atoms with Gasteiger partial charge < -0.3 is 15.5 Å². The zero-order chi connectivity index (χ0) is 20.6. The van der Waals surface area contributed by atoms with Crippen LogP contribution in [0, 0.1) is 0 Å². The number of carbonyl (C=O) groups is 1. The summed E-state index contributed by atoms with van der Waals surface area (Å²) >= 11 is 0. The summed E-state index contributed by atoms with van der Waals surface area (Å²) in [5.41, 5.74) is 1.77. The van der Waals surface area contributed by atoms with E-state index in [1.807, 2.05) is 36.1 Å². The minimum absolute atomic E-state index is 0.00883. The highest BCUT2D eigenvalue weighted by Crippen LogP contribution is 2.14.